The summed E-state index contributed by atoms with van der Waals surface area (Å²) in [6.45, 7) is 3.25. The molecule has 1 fully saturated rings. The molecule has 3 rings (SSSR count). The minimum Gasteiger partial charge on any atom is -0.342 e. The van der Waals surface area contributed by atoms with Crippen molar-refractivity contribution in [3.63, 3.8) is 0 Å². The number of carbonyl (C=O) groups is 1. The Kier molecular flexibility index (Phi) is 4.21. The second-order valence-corrected chi connectivity index (χ2v) is 6.46. The van der Waals surface area contributed by atoms with Gasteiger partial charge in [0, 0.05) is 36.9 Å². The number of nitrogens with zero attached hydrogens (tertiary/aromatic N) is 3. The fraction of sp³-hybridized carbons (Fsp3) is 0.353. The number of rotatable bonds is 2. The zero-order valence-corrected chi connectivity index (χ0v) is 13.3. The van der Waals surface area contributed by atoms with Crippen molar-refractivity contribution in [2.24, 2.45) is 0 Å². The smallest absolute Gasteiger partial charge is 0.219 e. The Morgan fingerprint density at radius 1 is 1.50 bits per heavy atom. The summed E-state index contributed by atoms with van der Waals surface area (Å²) in [6, 6.07) is 9.67. The van der Waals surface area contributed by atoms with Crippen LogP contribution in [0.2, 0.25) is 0 Å². The number of hydrogen-bond acceptors (Lipinski definition) is 4. The SMILES string of the molecule is CC(=O)N1CCCC(c2nc(-c3cccc(C#N)c3)cs2)C1. The highest BCUT2D eigenvalue weighted by Gasteiger charge is 2.25. The largest absolute Gasteiger partial charge is 0.342 e. The molecule has 2 aromatic rings. The first-order valence-electron chi connectivity index (χ1n) is 7.39. The number of hydrogen-bond donors (Lipinski definition) is 0. The molecule has 1 saturated heterocycles. The first-order valence-corrected chi connectivity index (χ1v) is 8.27. The molecule has 5 heteroatoms. The lowest BCUT2D eigenvalue weighted by molar-refractivity contribution is -0.130. The van der Waals surface area contributed by atoms with Crippen LogP contribution in [0, 0.1) is 11.3 Å². The average Bonchev–Trinajstić information content (AvgIpc) is 3.05. The minimum absolute atomic E-state index is 0.142. The summed E-state index contributed by atoms with van der Waals surface area (Å²) < 4.78 is 0. The Morgan fingerprint density at radius 2 is 2.36 bits per heavy atom. The van der Waals surface area contributed by atoms with Gasteiger partial charge in [0.1, 0.15) is 0 Å². The fourth-order valence-corrected chi connectivity index (χ4v) is 3.78. The maximum absolute atomic E-state index is 11.6. The maximum Gasteiger partial charge on any atom is 0.219 e. The van der Waals surface area contributed by atoms with Crippen LogP contribution in [-0.2, 0) is 4.79 Å². The van der Waals surface area contributed by atoms with Gasteiger partial charge in [0.2, 0.25) is 5.91 Å². The number of nitriles is 1. The van der Waals surface area contributed by atoms with Crippen molar-refractivity contribution in [3.8, 4) is 17.3 Å². The van der Waals surface area contributed by atoms with E-state index in [0.717, 1.165) is 42.2 Å². The van der Waals surface area contributed by atoms with Crippen molar-refractivity contribution in [2.45, 2.75) is 25.7 Å². The lowest BCUT2D eigenvalue weighted by atomic mass is 9.98. The number of thiazole rings is 1. The fourth-order valence-electron chi connectivity index (χ4n) is 2.82. The highest BCUT2D eigenvalue weighted by atomic mass is 32.1. The van der Waals surface area contributed by atoms with Gasteiger partial charge in [0.15, 0.2) is 0 Å². The van der Waals surface area contributed by atoms with Gasteiger partial charge in [-0.1, -0.05) is 12.1 Å². The molecule has 1 aromatic carbocycles. The van der Waals surface area contributed by atoms with Crippen molar-refractivity contribution in [3.05, 3.63) is 40.2 Å². The van der Waals surface area contributed by atoms with Crippen molar-refractivity contribution in [1.82, 2.24) is 9.88 Å². The molecule has 1 aliphatic heterocycles. The molecule has 0 radical (unpaired) electrons. The van der Waals surface area contributed by atoms with Gasteiger partial charge in [-0.25, -0.2) is 4.98 Å². The van der Waals surface area contributed by atoms with Gasteiger partial charge in [-0.05, 0) is 25.0 Å². The lowest BCUT2D eigenvalue weighted by Crippen LogP contribution is -2.37. The van der Waals surface area contributed by atoms with Crippen LogP contribution in [0.1, 0.15) is 36.3 Å². The zero-order chi connectivity index (χ0) is 15.5. The number of benzene rings is 1. The lowest BCUT2D eigenvalue weighted by Gasteiger charge is -2.30. The average molecular weight is 311 g/mol. The Morgan fingerprint density at radius 3 is 3.14 bits per heavy atom. The molecule has 1 unspecified atom stereocenters. The van der Waals surface area contributed by atoms with Gasteiger partial charge in [0.05, 0.1) is 22.3 Å². The topological polar surface area (TPSA) is 57.0 Å². The van der Waals surface area contributed by atoms with E-state index in [9.17, 15) is 4.79 Å². The van der Waals surface area contributed by atoms with E-state index < -0.39 is 0 Å². The van der Waals surface area contributed by atoms with Crippen LogP contribution in [0.4, 0.5) is 0 Å². The first kappa shape index (κ1) is 14.7. The van der Waals surface area contributed by atoms with Crippen LogP contribution in [0.3, 0.4) is 0 Å². The Labute approximate surface area is 134 Å². The number of aromatic nitrogens is 1. The van der Waals surface area contributed by atoms with Crippen molar-refractivity contribution in [1.29, 1.82) is 5.26 Å². The summed E-state index contributed by atoms with van der Waals surface area (Å²) in [5.41, 5.74) is 2.53. The molecule has 1 aromatic heterocycles. The normalized spacial score (nSPS) is 18.0. The van der Waals surface area contributed by atoms with E-state index in [2.05, 4.69) is 6.07 Å². The van der Waals surface area contributed by atoms with Crippen LogP contribution in [0.15, 0.2) is 29.6 Å². The summed E-state index contributed by atoms with van der Waals surface area (Å²) in [6.07, 6.45) is 2.11. The van der Waals surface area contributed by atoms with E-state index in [0.29, 0.717) is 11.5 Å². The van der Waals surface area contributed by atoms with E-state index in [1.54, 1.807) is 24.3 Å². The summed E-state index contributed by atoms with van der Waals surface area (Å²) in [4.78, 5) is 18.2. The van der Waals surface area contributed by atoms with Gasteiger partial charge < -0.3 is 4.90 Å². The molecule has 1 aliphatic rings. The molecule has 0 saturated carbocycles. The highest BCUT2D eigenvalue weighted by molar-refractivity contribution is 7.10. The Hall–Kier alpha value is -2.19. The van der Waals surface area contributed by atoms with E-state index in [1.807, 2.05) is 28.5 Å². The molecule has 22 heavy (non-hydrogen) atoms. The Balaban J connectivity index is 1.81. The third kappa shape index (κ3) is 3.02. The minimum atomic E-state index is 0.142. The standard InChI is InChI=1S/C17H17N3OS/c1-12(21)20-7-3-6-15(10-20)17-19-16(11-22-17)14-5-2-4-13(8-14)9-18/h2,4-5,8,11,15H,3,6-7,10H2,1H3. The summed E-state index contributed by atoms with van der Waals surface area (Å²) in [7, 11) is 0. The summed E-state index contributed by atoms with van der Waals surface area (Å²) in [5, 5.41) is 12.1. The van der Waals surface area contributed by atoms with Crippen LogP contribution >= 0.6 is 11.3 Å². The molecule has 4 nitrogen and oxygen atoms in total. The van der Waals surface area contributed by atoms with E-state index in [1.165, 1.54) is 0 Å². The first-order chi connectivity index (χ1) is 10.7. The molecule has 0 N–H and O–H groups in total. The molecule has 1 atom stereocenters. The van der Waals surface area contributed by atoms with Crippen LogP contribution in [0.25, 0.3) is 11.3 Å². The number of likely N-dealkylation sites (tertiary alicyclic amines) is 1. The van der Waals surface area contributed by atoms with Gasteiger partial charge in [-0.15, -0.1) is 11.3 Å². The molecule has 112 valence electrons. The molecule has 0 bridgehead atoms. The zero-order valence-electron chi connectivity index (χ0n) is 12.5. The second kappa shape index (κ2) is 6.29. The van der Waals surface area contributed by atoms with Crippen LogP contribution < -0.4 is 0 Å². The summed E-state index contributed by atoms with van der Waals surface area (Å²) >= 11 is 1.65. The third-order valence-corrected chi connectivity index (χ3v) is 5.03. The molecule has 2 heterocycles. The third-order valence-electron chi connectivity index (χ3n) is 4.03. The highest BCUT2D eigenvalue weighted by Crippen LogP contribution is 2.32. The monoisotopic (exact) mass is 311 g/mol. The molecular formula is C17H17N3OS. The second-order valence-electron chi connectivity index (χ2n) is 5.57. The van der Waals surface area contributed by atoms with Crippen molar-refractivity contribution >= 4 is 17.2 Å². The van der Waals surface area contributed by atoms with Crippen molar-refractivity contribution < 1.29 is 4.79 Å². The van der Waals surface area contributed by atoms with Gasteiger partial charge in [-0.3, -0.25) is 4.79 Å². The quantitative estimate of drug-likeness (QED) is 0.854. The van der Waals surface area contributed by atoms with E-state index in [4.69, 9.17) is 10.2 Å². The summed E-state index contributed by atoms with van der Waals surface area (Å²) in [5.74, 6) is 0.471. The van der Waals surface area contributed by atoms with Gasteiger partial charge >= 0.3 is 0 Å². The predicted octanol–water partition coefficient (Wildman–Crippen LogP) is 3.41. The van der Waals surface area contributed by atoms with E-state index in [-0.39, 0.29) is 5.91 Å². The molecular weight excluding hydrogens is 294 g/mol. The number of amides is 1. The maximum atomic E-state index is 11.6. The number of carbonyl (C=O) groups excluding carboxylic acids is 1. The van der Waals surface area contributed by atoms with E-state index >= 15 is 0 Å². The van der Waals surface area contributed by atoms with Crippen LogP contribution in [0.5, 0.6) is 0 Å². The molecule has 0 aliphatic carbocycles. The Bertz CT molecular complexity index is 732. The number of piperidine rings is 1. The van der Waals surface area contributed by atoms with Crippen LogP contribution in [-0.4, -0.2) is 28.9 Å². The van der Waals surface area contributed by atoms with Gasteiger partial charge in [-0.2, -0.15) is 5.26 Å². The predicted molar refractivity (Wildman–Crippen MR) is 86.5 cm³/mol. The van der Waals surface area contributed by atoms with Crippen molar-refractivity contribution in [2.75, 3.05) is 13.1 Å². The van der Waals surface area contributed by atoms with Gasteiger partial charge in [0.25, 0.3) is 0 Å². The molecule has 1 amide bonds. The molecule has 0 spiro atoms.